The second kappa shape index (κ2) is 2.69. The minimum Gasteiger partial charge on any atom is -0.314 e. The molecule has 6 heteroatoms. The highest BCUT2D eigenvalue weighted by Gasteiger charge is 2.56. The predicted octanol–water partition coefficient (Wildman–Crippen LogP) is 1.40. The molecule has 0 fully saturated rings. The van der Waals surface area contributed by atoms with Gasteiger partial charge in [0, 0.05) is 0 Å². The summed E-state index contributed by atoms with van der Waals surface area (Å²) in [4.78, 5) is 0. The Morgan fingerprint density at radius 1 is 1.10 bits per heavy atom. The molecule has 10 heavy (non-hydrogen) atoms. The summed E-state index contributed by atoms with van der Waals surface area (Å²) < 4.78 is 57.2. The third kappa shape index (κ3) is 2.09. The number of halogens is 5. The normalized spacial score (nSPS) is 13.8. The van der Waals surface area contributed by atoms with Crippen LogP contribution in [0.1, 0.15) is 0 Å². The Labute approximate surface area is 54.2 Å². The van der Waals surface area contributed by atoms with Gasteiger partial charge in [0.25, 0.3) is 0 Å². The topological polar surface area (TPSA) is 12.0 Å². The quantitative estimate of drug-likeness (QED) is 0.607. The lowest BCUT2D eigenvalue weighted by molar-refractivity contribution is -0.278. The highest BCUT2D eigenvalue weighted by atomic mass is 19.4. The first-order valence-corrected chi connectivity index (χ1v) is 2.40. The number of hydrogen-bond acceptors (Lipinski definition) is 1. The number of nitrogens with one attached hydrogen (secondary N) is 1. The van der Waals surface area contributed by atoms with Gasteiger partial charge in [0.1, 0.15) is 0 Å². The van der Waals surface area contributed by atoms with Gasteiger partial charge < -0.3 is 5.32 Å². The summed E-state index contributed by atoms with van der Waals surface area (Å²) in [5.74, 6) is -4.62. The standard InChI is InChI=1S/C4H6F5N/c1-10-2-3(5,6)4(7,8)9/h10H,2H2,1H3. The first-order valence-electron chi connectivity index (χ1n) is 2.40. The fourth-order valence-electron chi connectivity index (χ4n) is 0.322. The van der Waals surface area contributed by atoms with Crippen molar-refractivity contribution in [1.29, 1.82) is 0 Å². The summed E-state index contributed by atoms with van der Waals surface area (Å²) in [6.07, 6.45) is -5.45. The monoisotopic (exact) mass is 163 g/mol. The molecule has 1 nitrogen and oxygen atoms in total. The molecule has 0 aliphatic rings. The maximum absolute atomic E-state index is 11.7. The van der Waals surface area contributed by atoms with Crippen LogP contribution in [0.4, 0.5) is 22.0 Å². The SMILES string of the molecule is CNCC(F)(F)C(F)(F)F. The van der Waals surface area contributed by atoms with Gasteiger partial charge in [-0.15, -0.1) is 0 Å². The van der Waals surface area contributed by atoms with Crippen LogP contribution in [0.5, 0.6) is 0 Å². The lowest BCUT2D eigenvalue weighted by Crippen LogP contribution is -2.44. The highest BCUT2D eigenvalue weighted by molar-refractivity contribution is 4.76. The Morgan fingerprint density at radius 3 is 1.60 bits per heavy atom. The van der Waals surface area contributed by atoms with E-state index in [4.69, 9.17) is 0 Å². The molecule has 0 aliphatic carbocycles. The van der Waals surface area contributed by atoms with E-state index in [2.05, 4.69) is 0 Å². The molecule has 0 saturated carbocycles. The fourth-order valence-corrected chi connectivity index (χ4v) is 0.322. The Bertz CT molecular complexity index is 107. The van der Waals surface area contributed by atoms with Gasteiger partial charge >= 0.3 is 12.1 Å². The molecule has 1 N–H and O–H groups in total. The lowest BCUT2D eigenvalue weighted by Gasteiger charge is -2.18. The molecule has 0 amide bonds. The molecule has 0 aromatic rings. The van der Waals surface area contributed by atoms with Crippen molar-refractivity contribution in [2.75, 3.05) is 13.6 Å². The number of rotatable bonds is 2. The number of hydrogen-bond donors (Lipinski definition) is 1. The number of alkyl halides is 5. The summed E-state index contributed by atoms with van der Waals surface area (Å²) in [6, 6.07) is 0. The average Bonchev–Trinajstić information content (AvgIpc) is 1.61. The van der Waals surface area contributed by atoms with Crippen LogP contribution in [-0.4, -0.2) is 25.7 Å². The van der Waals surface area contributed by atoms with E-state index in [0.29, 0.717) is 0 Å². The molecule has 0 rings (SSSR count). The molecular weight excluding hydrogens is 157 g/mol. The van der Waals surface area contributed by atoms with Gasteiger partial charge in [-0.05, 0) is 7.05 Å². The van der Waals surface area contributed by atoms with Crippen LogP contribution in [0.25, 0.3) is 0 Å². The Balaban J connectivity index is 4.10. The molecule has 62 valence electrons. The lowest BCUT2D eigenvalue weighted by atomic mass is 10.3. The summed E-state index contributed by atoms with van der Waals surface area (Å²) in [7, 11) is 1.03. The second-order valence-corrected chi connectivity index (χ2v) is 1.73. The van der Waals surface area contributed by atoms with Crippen molar-refractivity contribution in [3.05, 3.63) is 0 Å². The van der Waals surface area contributed by atoms with Gasteiger partial charge in [0.05, 0.1) is 6.54 Å². The first kappa shape index (κ1) is 9.61. The zero-order valence-electron chi connectivity index (χ0n) is 5.10. The van der Waals surface area contributed by atoms with E-state index >= 15 is 0 Å². The van der Waals surface area contributed by atoms with Gasteiger partial charge in [-0.1, -0.05) is 0 Å². The Hall–Kier alpha value is -0.390. The molecule has 0 aromatic heterocycles. The molecule has 0 bridgehead atoms. The van der Waals surface area contributed by atoms with Crippen LogP contribution < -0.4 is 5.32 Å². The second-order valence-electron chi connectivity index (χ2n) is 1.73. The Morgan fingerprint density at radius 2 is 1.50 bits per heavy atom. The van der Waals surface area contributed by atoms with E-state index < -0.39 is 18.6 Å². The van der Waals surface area contributed by atoms with Crippen LogP contribution in [0, 0.1) is 0 Å². The van der Waals surface area contributed by atoms with Gasteiger partial charge in [0.15, 0.2) is 0 Å². The van der Waals surface area contributed by atoms with Crippen molar-refractivity contribution in [3.63, 3.8) is 0 Å². The molecule has 0 aliphatic heterocycles. The van der Waals surface area contributed by atoms with E-state index in [9.17, 15) is 22.0 Å². The first-order chi connectivity index (χ1) is 4.31. The maximum Gasteiger partial charge on any atom is 0.454 e. The average molecular weight is 163 g/mol. The maximum atomic E-state index is 11.7. The summed E-state index contributed by atoms with van der Waals surface area (Å²) in [5, 5.41) is 1.74. The van der Waals surface area contributed by atoms with Crippen molar-refractivity contribution < 1.29 is 22.0 Å². The molecule has 0 radical (unpaired) electrons. The van der Waals surface area contributed by atoms with Crippen LogP contribution in [0.15, 0.2) is 0 Å². The van der Waals surface area contributed by atoms with Gasteiger partial charge in [0.2, 0.25) is 0 Å². The van der Waals surface area contributed by atoms with Gasteiger partial charge in [-0.25, -0.2) is 0 Å². The summed E-state index contributed by atoms with van der Waals surface area (Å²) in [5.41, 5.74) is 0. The predicted molar refractivity (Wildman–Crippen MR) is 24.9 cm³/mol. The molecule has 0 spiro atoms. The van der Waals surface area contributed by atoms with Gasteiger partial charge in [-0.3, -0.25) is 0 Å². The van der Waals surface area contributed by atoms with Crippen LogP contribution in [0.2, 0.25) is 0 Å². The minimum absolute atomic E-state index is 1.03. The summed E-state index contributed by atoms with van der Waals surface area (Å²) >= 11 is 0. The van der Waals surface area contributed by atoms with Crippen molar-refractivity contribution in [2.24, 2.45) is 0 Å². The summed E-state index contributed by atoms with van der Waals surface area (Å²) in [6.45, 7) is -1.38. The zero-order valence-corrected chi connectivity index (χ0v) is 5.10. The van der Waals surface area contributed by atoms with Crippen LogP contribution in [0.3, 0.4) is 0 Å². The van der Waals surface area contributed by atoms with E-state index in [1.165, 1.54) is 0 Å². The van der Waals surface area contributed by atoms with Crippen molar-refractivity contribution >= 4 is 0 Å². The van der Waals surface area contributed by atoms with Crippen molar-refractivity contribution in [1.82, 2.24) is 5.32 Å². The largest absolute Gasteiger partial charge is 0.454 e. The molecule has 0 saturated heterocycles. The smallest absolute Gasteiger partial charge is 0.314 e. The molecule has 0 aromatic carbocycles. The van der Waals surface area contributed by atoms with Crippen molar-refractivity contribution in [3.8, 4) is 0 Å². The van der Waals surface area contributed by atoms with Crippen molar-refractivity contribution in [2.45, 2.75) is 12.1 Å². The highest BCUT2D eigenvalue weighted by Crippen LogP contribution is 2.34. The molecule has 0 atom stereocenters. The molecule has 0 unspecified atom stereocenters. The fraction of sp³-hybridized carbons (Fsp3) is 1.00. The minimum atomic E-state index is -5.45. The van der Waals surface area contributed by atoms with E-state index in [-0.39, 0.29) is 0 Å². The third-order valence-electron chi connectivity index (χ3n) is 0.814. The van der Waals surface area contributed by atoms with Crippen LogP contribution in [-0.2, 0) is 0 Å². The molecule has 0 heterocycles. The van der Waals surface area contributed by atoms with E-state index in [1.807, 2.05) is 0 Å². The molecular formula is C4H6F5N. The van der Waals surface area contributed by atoms with Gasteiger partial charge in [-0.2, -0.15) is 22.0 Å². The van der Waals surface area contributed by atoms with E-state index in [0.717, 1.165) is 7.05 Å². The van der Waals surface area contributed by atoms with Crippen LogP contribution >= 0.6 is 0 Å². The third-order valence-corrected chi connectivity index (χ3v) is 0.814. The Kier molecular flexibility index (Phi) is 2.59. The zero-order chi connectivity index (χ0) is 8.41. The van der Waals surface area contributed by atoms with E-state index in [1.54, 1.807) is 5.32 Å².